The van der Waals surface area contributed by atoms with E-state index in [0.717, 1.165) is 40.8 Å². The number of ether oxygens (including phenoxy) is 1. The van der Waals surface area contributed by atoms with Gasteiger partial charge in [-0.2, -0.15) is 0 Å². The normalized spacial score (nSPS) is 15.0. The number of anilines is 2. The number of piperazine rings is 1. The van der Waals surface area contributed by atoms with Gasteiger partial charge in [-0.1, -0.05) is 49.4 Å². The Morgan fingerprint density at radius 2 is 1.69 bits per heavy atom. The predicted molar refractivity (Wildman–Crippen MR) is 168 cm³/mol. The maximum atomic E-state index is 14.0. The third-order valence-electron chi connectivity index (χ3n) is 7.88. The summed E-state index contributed by atoms with van der Waals surface area (Å²) in [5, 5.41) is 7.19. The smallest absolute Gasteiger partial charge is 0.318 e. The number of rotatable bonds is 9. The van der Waals surface area contributed by atoms with Crippen LogP contribution in [-0.4, -0.2) is 80.1 Å². The first-order valence-electron chi connectivity index (χ1n) is 14.4. The number of urea groups is 1. The van der Waals surface area contributed by atoms with E-state index in [-0.39, 0.29) is 17.9 Å². The van der Waals surface area contributed by atoms with Gasteiger partial charge in [-0.15, -0.1) is 0 Å². The SMILES string of the molecule is COc1ccc(CN(C)C)cc1NC(=O)[C@H](NC(=O)N1CCN(c2ccccc2)CC1)[C@H](C)c1c[nH]c2ccccc12. The lowest BCUT2D eigenvalue weighted by molar-refractivity contribution is -0.118. The average molecular weight is 569 g/mol. The fourth-order valence-electron chi connectivity index (χ4n) is 5.63. The molecule has 5 rings (SSSR count). The summed E-state index contributed by atoms with van der Waals surface area (Å²) in [7, 11) is 5.58. The Bertz CT molecular complexity index is 1510. The van der Waals surface area contributed by atoms with Crippen molar-refractivity contribution < 1.29 is 14.3 Å². The fraction of sp³-hybridized carbons (Fsp3) is 0.333. The zero-order valence-corrected chi connectivity index (χ0v) is 24.8. The average Bonchev–Trinajstić information content (AvgIpc) is 3.44. The monoisotopic (exact) mass is 568 g/mol. The van der Waals surface area contributed by atoms with E-state index >= 15 is 0 Å². The molecule has 1 aliphatic rings. The van der Waals surface area contributed by atoms with E-state index < -0.39 is 6.04 Å². The van der Waals surface area contributed by atoms with Crippen molar-refractivity contribution in [1.82, 2.24) is 20.1 Å². The number of amides is 3. The third kappa shape index (κ3) is 6.52. The van der Waals surface area contributed by atoms with E-state index in [1.54, 1.807) is 12.0 Å². The summed E-state index contributed by atoms with van der Waals surface area (Å²) < 4.78 is 5.57. The summed E-state index contributed by atoms with van der Waals surface area (Å²) in [5.41, 5.74) is 4.71. The van der Waals surface area contributed by atoms with Gasteiger partial charge in [0, 0.05) is 61.4 Å². The second-order valence-corrected chi connectivity index (χ2v) is 11.1. The van der Waals surface area contributed by atoms with Gasteiger partial charge in [-0.3, -0.25) is 4.79 Å². The van der Waals surface area contributed by atoms with Gasteiger partial charge in [-0.05, 0) is 55.6 Å². The number of nitrogens with zero attached hydrogens (tertiary/aromatic N) is 3. The van der Waals surface area contributed by atoms with Gasteiger partial charge in [0.15, 0.2) is 0 Å². The second kappa shape index (κ2) is 13.0. The van der Waals surface area contributed by atoms with E-state index in [1.807, 2.05) is 87.9 Å². The molecule has 0 bridgehead atoms. The number of aromatic nitrogens is 1. The Labute approximate surface area is 247 Å². The summed E-state index contributed by atoms with van der Waals surface area (Å²) in [6.45, 7) is 5.28. The number of carbonyl (C=O) groups excluding carboxylic acids is 2. The van der Waals surface area contributed by atoms with Gasteiger partial charge in [0.1, 0.15) is 11.8 Å². The number of hydrogen-bond donors (Lipinski definition) is 3. The molecule has 0 saturated carbocycles. The quantitative estimate of drug-likeness (QED) is 0.268. The van der Waals surface area contributed by atoms with Gasteiger partial charge in [0.25, 0.3) is 0 Å². The number of hydrogen-bond acceptors (Lipinski definition) is 5. The van der Waals surface area contributed by atoms with Crippen LogP contribution < -0.4 is 20.3 Å². The summed E-state index contributed by atoms with van der Waals surface area (Å²) in [6.07, 6.45) is 1.93. The number of nitrogens with one attached hydrogen (secondary N) is 3. The maximum absolute atomic E-state index is 14.0. The van der Waals surface area contributed by atoms with E-state index in [4.69, 9.17) is 4.74 Å². The van der Waals surface area contributed by atoms with E-state index in [0.29, 0.717) is 31.1 Å². The Kier molecular flexibility index (Phi) is 8.97. The van der Waals surface area contributed by atoms with Crippen LogP contribution in [0, 0.1) is 0 Å². The molecule has 1 fully saturated rings. The zero-order valence-electron chi connectivity index (χ0n) is 24.8. The van der Waals surface area contributed by atoms with E-state index in [9.17, 15) is 9.59 Å². The molecule has 1 aromatic heterocycles. The number of para-hydroxylation sites is 2. The summed E-state index contributed by atoms with van der Waals surface area (Å²) >= 11 is 0. The molecule has 2 heterocycles. The molecule has 0 radical (unpaired) electrons. The second-order valence-electron chi connectivity index (χ2n) is 11.1. The minimum atomic E-state index is -0.828. The van der Waals surface area contributed by atoms with Gasteiger partial charge in [-0.25, -0.2) is 4.79 Å². The van der Waals surface area contributed by atoms with Crippen LogP contribution in [0.5, 0.6) is 5.75 Å². The van der Waals surface area contributed by atoms with Gasteiger partial charge in [0.05, 0.1) is 12.8 Å². The largest absolute Gasteiger partial charge is 0.495 e. The highest BCUT2D eigenvalue weighted by molar-refractivity contribution is 5.99. The lowest BCUT2D eigenvalue weighted by atomic mass is 9.92. The molecule has 0 spiro atoms. The van der Waals surface area contributed by atoms with E-state index in [2.05, 4.69) is 37.6 Å². The Morgan fingerprint density at radius 3 is 2.40 bits per heavy atom. The Morgan fingerprint density at radius 1 is 0.976 bits per heavy atom. The molecular weight excluding hydrogens is 528 g/mol. The van der Waals surface area contributed by atoms with Crippen molar-refractivity contribution in [2.45, 2.75) is 25.4 Å². The van der Waals surface area contributed by atoms with Crippen molar-refractivity contribution in [3.63, 3.8) is 0 Å². The summed E-state index contributed by atoms with van der Waals surface area (Å²) in [5.74, 6) is -0.0521. The molecule has 3 aromatic carbocycles. The molecule has 3 N–H and O–H groups in total. The number of benzene rings is 3. The predicted octanol–water partition coefficient (Wildman–Crippen LogP) is 4.88. The van der Waals surface area contributed by atoms with Crippen LogP contribution >= 0.6 is 0 Å². The Balaban J connectivity index is 1.37. The zero-order chi connectivity index (χ0) is 29.6. The molecule has 1 aliphatic heterocycles. The van der Waals surface area contributed by atoms with Crippen LogP contribution in [0.15, 0.2) is 79.0 Å². The molecule has 9 heteroatoms. The topological polar surface area (TPSA) is 92.9 Å². The van der Waals surface area contributed by atoms with Crippen molar-refractivity contribution in [2.24, 2.45) is 0 Å². The Hall–Kier alpha value is -4.50. The molecule has 1 saturated heterocycles. The number of methoxy groups -OCH3 is 1. The van der Waals surface area contributed by atoms with Crippen molar-refractivity contribution >= 4 is 34.2 Å². The molecule has 0 aliphatic carbocycles. The first kappa shape index (κ1) is 29.0. The fourth-order valence-corrected chi connectivity index (χ4v) is 5.63. The highest BCUT2D eigenvalue weighted by atomic mass is 16.5. The molecule has 2 atom stereocenters. The number of carbonyl (C=O) groups is 2. The lowest BCUT2D eigenvalue weighted by Gasteiger charge is -2.37. The highest BCUT2D eigenvalue weighted by Crippen LogP contribution is 2.31. The number of H-pyrrole nitrogens is 1. The van der Waals surface area contributed by atoms with Crippen LogP contribution in [0.2, 0.25) is 0 Å². The highest BCUT2D eigenvalue weighted by Gasteiger charge is 2.32. The number of fused-ring (bicyclic) bond motifs is 1. The van der Waals surface area contributed by atoms with Gasteiger partial charge >= 0.3 is 6.03 Å². The minimum Gasteiger partial charge on any atom is -0.495 e. The van der Waals surface area contributed by atoms with Crippen LogP contribution in [0.25, 0.3) is 10.9 Å². The first-order valence-corrected chi connectivity index (χ1v) is 14.4. The molecule has 3 amide bonds. The van der Waals surface area contributed by atoms with Crippen molar-refractivity contribution in [2.75, 3.05) is 57.6 Å². The first-order chi connectivity index (χ1) is 20.3. The van der Waals surface area contributed by atoms with Crippen LogP contribution in [0.1, 0.15) is 24.0 Å². The molecule has 9 nitrogen and oxygen atoms in total. The van der Waals surface area contributed by atoms with Crippen LogP contribution in [0.3, 0.4) is 0 Å². The molecule has 220 valence electrons. The standard InChI is InChI=1S/C33H40N6O3/c1-23(27-21-34-28-13-9-8-12-26(27)28)31(32(40)35-29-20-24(22-37(2)3)14-15-30(29)42-4)36-33(41)39-18-16-38(17-19-39)25-10-6-5-7-11-25/h5-15,20-21,23,31,34H,16-19,22H2,1-4H3,(H,35,40)(H,36,41)/t23-,31-/m1/s1. The maximum Gasteiger partial charge on any atom is 0.318 e. The van der Waals surface area contributed by atoms with Crippen molar-refractivity contribution in [3.05, 3.63) is 90.1 Å². The van der Waals surface area contributed by atoms with Gasteiger partial charge in [0.2, 0.25) is 5.91 Å². The molecule has 0 unspecified atom stereocenters. The van der Waals surface area contributed by atoms with Gasteiger partial charge < -0.3 is 35.1 Å². The lowest BCUT2D eigenvalue weighted by Crippen LogP contribution is -2.56. The summed E-state index contributed by atoms with van der Waals surface area (Å²) in [6, 6.07) is 22.9. The summed E-state index contributed by atoms with van der Waals surface area (Å²) in [4.78, 5) is 37.1. The van der Waals surface area contributed by atoms with Crippen LogP contribution in [-0.2, 0) is 11.3 Å². The number of aromatic amines is 1. The minimum absolute atomic E-state index is 0.247. The van der Waals surface area contributed by atoms with Crippen LogP contribution in [0.4, 0.5) is 16.2 Å². The third-order valence-corrected chi connectivity index (χ3v) is 7.88. The van der Waals surface area contributed by atoms with E-state index in [1.165, 1.54) is 0 Å². The molecule has 42 heavy (non-hydrogen) atoms. The molecule has 4 aromatic rings. The van der Waals surface area contributed by atoms with Crippen molar-refractivity contribution in [3.8, 4) is 5.75 Å². The van der Waals surface area contributed by atoms with Crippen molar-refractivity contribution in [1.29, 1.82) is 0 Å². The molecular formula is C33H40N6O3.